The van der Waals surface area contributed by atoms with Crippen molar-refractivity contribution >= 4 is 40.9 Å². The number of nitrogens with zero attached hydrogens (tertiary/aromatic N) is 1. The molecule has 1 saturated heterocycles. The van der Waals surface area contributed by atoms with Gasteiger partial charge < -0.3 is 24.3 Å². The van der Waals surface area contributed by atoms with Crippen LogP contribution in [0.3, 0.4) is 0 Å². The van der Waals surface area contributed by atoms with Crippen LogP contribution in [-0.2, 0) is 17.8 Å². The fraction of sp³-hybridized carbons (Fsp3) is 0.353. The zero-order valence-corrected chi connectivity index (χ0v) is 27.2. The number of aryl methyl sites for hydroxylation is 1. The average Bonchev–Trinajstić information content (AvgIpc) is 3.24. The Morgan fingerprint density at radius 2 is 1.67 bits per heavy atom. The third-order valence-corrected chi connectivity index (χ3v) is 7.84. The first-order valence-electron chi connectivity index (χ1n) is 14.5. The highest BCUT2D eigenvalue weighted by Crippen LogP contribution is 2.34. The Labute approximate surface area is 264 Å². The molecule has 4 rings (SSSR count). The van der Waals surface area contributed by atoms with Crippen LogP contribution in [0.2, 0.25) is 5.02 Å². The minimum atomic E-state index is -0.173. The molecular weight excluding hydrogens is 584 g/mol. The highest BCUT2D eigenvalue weighted by atomic mass is 35.5. The summed E-state index contributed by atoms with van der Waals surface area (Å²) < 4.78 is 23.3. The van der Waals surface area contributed by atoms with E-state index < -0.39 is 0 Å². The summed E-state index contributed by atoms with van der Waals surface area (Å²) in [4.78, 5) is 14.9. The van der Waals surface area contributed by atoms with Gasteiger partial charge in [-0.15, -0.1) is 0 Å². The lowest BCUT2D eigenvalue weighted by Crippen LogP contribution is -2.32. The van der Waals surface area contributed by atoms with Gasteiger partial charge in [0, 0.05) is 17.1 Å². The van der Waals surface area contributed by atoms with E-state index in [0.717, 1.165) is 38.6 Å². The highest BCUT2D eigenvalue weighted by Gasteiger charge is 2.30. The van der Waals surface area contributed by atoms with Gasteiger partial charge in [-0.2, -0.15) is 0 Å². The van der Waals surface area contributed by atoms with E-state index in [0.29, 0.717) is 60.8 Å². The average molecular weight is 623 g/mol. The summed E-state index contributed by atoms with van der Waals surface area (Å²) in [5, 5.41) is 4.18. The third-order valence-electron chi connectivity index (χ3n) is 7.11. The van der Waals surface area contributed by atoms with Crippen LogP contribution in [0.15, 0.2) is 54.2 Å². The highest BCUT2D eigenvalue weighted by molar-refractivity contribution is 7.80. The van der Waals surface area contributed by atoms with Gasteiger partial charge in [0.05, 0.1) is 20.3 Å². The first-order chi connectivity index (χ1) is 20.6. The van der Waals surface area contributed by atoms with Gasteiger partial charge in [-0.3, -0.25) is 9.69 Å². The maximum absolute atomic E-state index is 13.3. The van der Waals surface area contributed by atoms with Crippen molar-refractivity contribution in [1.29, 1.82) is 0 Å². The Morgan fingerprint density at radius 1 is 0.953 bits per heavy atom. The summed E-state index contributed by atoms with van der Waals surface area (Å²) in [5.41, 5.74) is 5.11. The minimum absolute atomic E-state index is 0.173. The summed E-state index contributed by atoms with van der Waals surface area (Å²) in [5.74, 6) is 2.97. The molecule has 0 saturated carbocycles. The normalized spacial score (nSPS) is 14.0. The Hall–Kier alpha value is -3.75. The third kappa shape index (κ3) is 7.80. The minimum Gasteiger partial charge on any atom is -0.496 e. The van der Waals surface area contributed by atoms with E-state index in [-0.39, 0.29) is 11.8 Å². The molecule has 0 unspecified atom stereocenters. The number of amides is 1. The Bertz CT molecular complexity index is 1520. The van der Waals surface area contributed by atoms with Crippen LogP contribution in [0.4, 0.5) is 0 Å². The number of thiocarbonyl (C=S) groups is 1. The number of benzene rings is 3. The maximum Gasteiger partial charge on any atom is 0.276 e. The maximum atomic E-state index is 13.3. The molecule has 0 radical (unpaired) electrons. The monoisotopic (exact) mass is 622 g/mol. The quantitative estimate of drug-likeness (QED) is 0.157. The molecule has 1 aliphatic heterocycles. The molecule has 0 atom stereocenters. The second-order valence-corrected chi connectivity index (χ2v) is 11.3. The van der Waals surface area contributed by atoms with E-state index in [1.807, 2.05) is 69.3 Å². The molecule has 0 aliphatic carbocycles. The number of hydrogen-bond acceptors (Lipinski definition) is 6. The van der Waals surface area contributed by atoms with Crippen LogP contribution in [0.25, 0.3) is 6.08 Å². The molecule has 1 N–H and O–H groups in total. The van der Waals surface area contributed by atoms with E-state index in [4.69, 9.17) is 42.8 Å². The van der Waals surface area contributed by atoms with Crippen LogP contribution in [-0.4, -0.2) is 42.8 Å². The number of carbonyl (C=O) groups is 1. The molecule has 1 fully saturated rings. The Kier molecular flexibility index (Phi) is 10.9. The van der Waals surface area contributed by atoms with Gasteiger partial charge in [0.2, 0.25) is 0 Å². The lowest BCUT2D eigenvalue weighted by Gasteiger charge is -2.17. The van der Waals surface area contributed by atoms with Gasteiger partial charge in [-0.1, -0.05) is 37.6 Å². The van der Waals surface area contributed by atoms with E-state index >= 15 is 0 Å². The number of ether oxygens (including phenoxy) is 4. The SMILES string of the molecule is CCOc1ccc(CCN2C(=O)/C(=C\c3ccc(OC)c(COc4cc(C)c(Cl)cc4C(C)C)c3)NC2=S)cc1OCC. The standard InChI is InChI=1S/C34H39ClN2O5S/c1-7-40-30-12-9-23(18-32(30)41-8-2)13-14-37-33(38)28(36-34(37)43)17-24-10-11-29(39-6)25(16-24)20-42-31-15-22(5)27(35)19-26(31)21(3)4/h9-12,15-19,21H,7-8,13-14,20H2,1-6H3,(H,36,43)/b28-17+. The van der Waals surface area contributed by atoms with Gasteiger partial charge in [-0.25, -0.2) is 0 Å². The number of nitrogens with one attached hydrogen (secondary N) is 1. The van der Waals surface area contributed by atoms with Crippen molar-refractivity contribution < 1.29 is 23.7 Å². The zero-order valence-electron chi connectivity index (χ0n) is 25.6. The molecule has 0 spiro atoms. The van der Waals surface area contributed by atoms with Gasteiger partial charge in [0.15, 0.2) is 16.6 Å². The molecule has 1 amide bonds. The van der Waals surface area contributed by atoms with Crippen LogP contribution in [0.5, 0.6) is 23.0 Å². The van der Waals surface area contributed by atoms with Crippen LogP contribution in [0.1, 0.15) is 61.4 Å². The molecule has 3 aromatic carbocycles. The first-order valence-corrected chi connectivity index (χ1v) is 15.3. The molecule has 1 heterocycles. The second-order valence-electron chi connectivity index (χ2n) is 10.5. The van der Waals surface area contributed by atoms with Crippen molar-refractivity contribution in [3.05, 3.63) is 87.1 Å². The predicted octanol–water partition coefficient (Wildman–Crippen LogP) is 7.46. The van der Waals surface area contributed by atoms with Crippen molar-refractivity contribution in [2.45, 2.75) is 53.6 Å². The lowest BCUT2D eigenvalue weighted by molar-refractivity contribution is -0.122. The predicted molar refractivity (Wildman–Crippen MR) is 176 cm³/mol. The zero-order chi connectivity index (χ0) is 31.1. The smallest absolute Gasteiger partial charge is 0.276 e. The summed E-state index contributed by atoms with van der Waals surface area (Å²) in [6.45, 7) is 11.9. The van der Waals surface area contributed by atoms with Crippen LogP contribution >= 0.6 is 23.8 Å². The van der Waals surface area contributed by atoms with Gasteiger partial charge >= 0.3 is 0 Å². The number of carbonyl (C=O) groups excluding carboxylic acids is 1. The Balaban J connectivity index is 1.48. The van der Waals surface area contributed by atoms with Crippen molar-refractivity contribution in [2.75, 3.05) is 26.9 Å². The molecule has 3 aromatic rings. The van der Waals surface area contributed by atoms with Crippen LogP contribution < -0.4 is 24.3 Å². The molecule has 43 heavy (non-hydrogen) atoms. The number of halogens is 1. The van der Waals surface area contributed by atoms with Crippen molar-refractivity contribution in [1.82, 2.24) is 10.2 Å². The molecule has 7 nitrogen and oxygen atoms in total. The molecule has 1 aliphatic rings. The molecule has 228 valence electrons. The number of hydrogen-bond donors (Lipinski definition) is 1. The number of methoxy groups -OCH3 is 1. The van der Waals surface area contributed by atoms with E-state index in [9.17, 15) is 4.79 Å². The second kappa shape index (κ2) is 14.6. The van der Waals surface area contributed by atoms with Crippen molar-refractivity contribution in [3.8, 4) is 23.0 Å². The van der Waals surface area contributed by atoms with Gasteiger partial charge in [0.25, 0.3) is 5.91 Å². The summed E-state index contributed by atoms with van der Waals surface area (Å²) in [7, 11) is 1.63. The fourth-order valence-electron chi connectivity index (χ4n) is 4.84. The summed E-state index contributed by atoms with van der Waals surface area (Å²) in [6, 6.07) is 15.5. The van der Waals surface area contributed by atoms with E-state index in [1.165, 1.54) is 0 Å². The van der Waals surface area contributed by atoms with Crippen LogP contribution in [0, 0.1) is 6.92 Å². The largest absolute Gasteiger partial charge is 0.496 e. The molecule has 0 aromatic heterocycles. The van der Waals surface area contributed by atoms with E-state index in [1.54, 1.807) is 18.1 Å². The Morgan fingerprint density at radius 3 is 2.37 bits per heavy atom. The van der Waals surface area contributed by atoms with Crippen molar-refractivity contribution in [3.63, 3.8) is 0 Å². The fourth-order valence-corrected chi connectivity index (χ4v) is 5.29. The summed E-state index contributed by atoms with van der Waals surface area (Å²) in [6.07, 6.45) is 2.41. The number of rotatable bonds is 13. The van der Waals surface area contributed by atoms with Crippen molar-refractivity contribution in [2.24, 2.45) is 0 Å². The topological polar surface area (TPSA) is 69.3 Å². The van der Waals surface area contributed by atoms with Gasteiger partial charge in [-0.05, 0) is 110 Å². The molecular formula is C34H39ClN2O5S. The lowest BCUT2D eigenvalue weighted by atomic mass is 10.0. The first kappa shape index (κ1) is 32.2. The molecule has 9 heteroatoms. The van der Waals surface area contributed by atoms with E-state index in [2.05, 4.69) is 19.2 Å². The van der Waals surface area contributed by atoms with Gasteiger partial charge in [0.1, 0.15) is 23.8 Å². The molecule has 0 bridgehead atoms. The summed E-state index contributed by atoms with van der Waals surface area (Å²) >= 11 is 11.9.